The molecule has 0 radical (unpaired) electrons. The van der Waals surface area contributed by atoms with Gasteiger partial charge in [-0.05, 0) is 67.1 Å². The molecule has 4 fully saturated rings. The Balaban J connectivity index is 1.47. The molecule has 4 nitrogen and oxygen atoms in total. The van der Waals surface area contributed by atoms with Crippen LogP contribution in [-0.4, -0.2) is 38.0 Å². The Bertz CT molecular complexity index is 726. The van der Waals surface area contributed by atoms with E-state index in [-0.39, 0.29) is 23.0 Å². The lowest BCUT2D eigenvalue weighted by Crippen LogP contribution is -2.51. The first kappa shape index (κ1) is 17.8. The monoisotopic (exact) mass is 371 g/mol. The Kier molecular flexibility index (Phi) is 4.04. The summed E-state index contributed by atoms with van der Waals surface area (Å²) in [6, 6.07) is 6.65. The van der Waals surface area contributed by atoms with E-state index in [1.165, 1.54) is 30.5 Å². The van der Waals surface area contributed by atoms with Crippen molar-refractivity contribution >= 4 is 5.69 Å². The Morgan fingerprint density at radius 1 is 1.22 bits per heavy atom. The van der Waals surface area contributed by atoms with Gasteiger partial charge in [-0.25, -0.2) is 0 Å². The van der Waals surface area contributed by atoms with E-state index in [1.54, 1.807) is 7.11 Å². The molecule has 4 aliphatic rings. The highest BCUT2D eigenvalue weighted by Gasteiger charge is 2.68. The van der Waals surface area contributed by atoms with Crippen LogP contribution in [0.15, 0.2) is 18.2 Å². The molecule has 2 saturated carbocycles. The summed E-state index contributed by atoms with van der Waals surface area (Å²) in [5.41, 5.74) is 2.50. The number of anilines is 1. The number of aliphatic hydroxyl groups is 1. The highest BCUT2D eigenvalue weighted by atomic mass is 16.5. The molecular weight excluding hydrogens is 338 g/mol. The molecule has 0 aromatic heterocycles. The van der Waals surface area contributed by atoms with Crippen molar-refractivity contribution in [3.05, 3.63) is 23.8 Å². The number of benzene rings is 1. The van der Waals surface area contributed by atoms with Gasteiger partial charge in [0, 0.05) is 25.1 Å². The Morgan fingerprint density at radius 2 is 2.00 bits per heavy atom. The maximum Gasteiger partial charge on any atom is 0.142 e. The predicted molar refractivity (Wildman–Crippen MR) is 106 cm³/mol. The molecule has 0 amide bonds. The fraction of sp³-hybridized carbons (Fsp3) is 0.739. The second kappa shape index (κ2) is 6.12. The van der Waals surface area contributed by atoms with Crippen molar-refractivity contribution < 1.29 is 14.6 Å². The topological polar surface area (TPSA) is 41.9 Å². The van der Waals surface area contributed by atoms with Gasteiger partial charge < -0.3 is 19.5 Å². The maximum atomic E-state index is 11.2. The highest BCUT2D eigenvalue weighted by Crippen LogP contribution is 2.70. The molecule has 2 aliphatic carbocycles. The summed E-state index contributed by atoms with van der Waals surface area (Å²) in [7, 11) is 1.77. The molecule has 4 heteroatoms. The van der Waals surface area contributed by atoms with Crippen LogP contribution in [0, 0.1) is 22.7 Å². The van der Waals surface area contributed by atoms with E-state index in [4.69, 9.17) is 9.47 Å². The van der Waals surface area contributed by atoms with E-state index >= 15 is 0 Å². The summed E-state index contributed by atoms with van der Waals surface area (Å²) in [5.74, 6) is 1.98. The largest absolute Gasteiger partial charge is 0.495 e. The smallest absolute Gasteiger partial charge is 0.142 e. The summed E-state index contributed by atoms with van der Waals surface area (Å²) in [6.07, 6.45) is 5.71. The Hall–Kier alpha value is -1.26. The summed E-state index contributed by atoms with van der Waals surface area (Å²) < 4.78 is 12.1. The van der Waals surface area contributed by atoms with Crippen LogP contribution >= 0.6 is 0 Å². The fourth-order valence-electron chi connectivity index (χ4n) is 6.84. The molecule has 1 aromatic carbocycles. The molecule has 2 aliphatic heterocycles. The summed E-state index contributed by atoms with van der Waals surface area (Å²) in [4.78, 5) is 2.43. The van der Waals surface area contributed by atoms with Crippen LogP contribution < -0.4 is 9.64 Å². The van der Waals surface area contributed by atoms with Crippen LogP contribution in [0.4, 0.5) is 5.69 Å². The molecule has 5 rings (SSSR count). The molecule has 1 spiro atoms. The predicted octanol–water partition coefficient (Wildman–Crippen LogP) is 4.17. The second-order valence-electron chi connectivity index (χ2n) is 9.87. The molecule has 2 saturated heterocycles. The van der Waals surface area contributed by atoms with Crippen LogP contribution in [0.25, 0.3) is 0 Å². The van der Waals surface area contributed by atoms with Crippen LogP contribution in [0.5, 0.6) is 5.75 Å². The van der Waals surface area contributed by atoms with Crippen molar-refractivity contribution in [1.82, 2.24) is 0 Å². The normalized spacial score (nSPS) is 39.6. The van der Waals surface area contributed by atoms with Gasteiger partial charge in [0.1, 0.15) is 5.75 Å². The lowest BCUT2D eigenvalue weighted by atomic mass is 9.60. The van der Waals surface area contributed by atoms with Crippen LogP contribution in [0.3, 0.4) is 0 Å². The standard InChI is InChI=1S/C23H33NO3/c1-22(2)16-13-17-20(27-11-8-23(17,14-16)21(22)25)15-6-7-18(19(12-15)26-3)24-9-4-5-10-24/h6-7,12,16-17,20-21,25H,4-5,8-11,13-14H2,1-3H3/t16-,17-,20-,21-,23?/m1/s1. The highest BCUT2D eigenvalue weighted by molar-refractivity contribution is 5.60. The van der Waals surface area contributed by atoms with Gasteiger partial charge in [0.2, 0.25) is 0 Å². The molecule has 2 bridgehead atoms. The van der Waals surface area contributed by atoms with Gasteiger partial charge in [-0.15, -0.1) is 0 Å². The van der Waals surface area contributed by atoms with Gasteiger partial charge in [0.15, 0.2) is 0 Å². The molecule has 27 heavy (non-hydrogen) atoms. The number of ether oxygens (including phenoxy) is 2. The van der Waals surface area contributed by atoms with E-state index in [9.17, 15) is 5.11 Å². The fourth-order valence-corrected chi connectivity index (χ4v) is 6.84. The van der Waals surface area contributed by atoms with Crippen LogP contribution in [0.1, 0.15) is 57.6 Å². The first-order valence-corrected chi connectivity index (χ1v) is 10.7. The third kappa shape index (κ3) is 2.42. The Labute approximate surface area is 162 Å². The van der Waals surface area contributed by atoms with Gasteiger partial charge in [-0.3, -0.25) is 0 Å². The van der Waals surface area contributed by atoms with Gasteiger partial charge in [-0.2, -0.15) is 0 Å². The number of nitrogens with zero attached hydrogens (tertiary/aromatic N) is 1. The number of hydrogen-bond acceptors (Lipinski definition) is 4. The van der Waals surface area contributed by atoms with E-state index < -0.39 is 0 Å². The maximum absolute atomic E-state index is 11.2. The molecular formula is C23H33NO3. The van der Waals surface area contributed by atoms with Crippen molar-refractivity contribution in [2.75, 3.05) is 31.7 Å². The van der Waals surface area contributed by atoms with Crippen molar-refractivity contribution in [2.24, 2.45) is 22.7 Å². The van der Waals surface area contributed by atoms with Gasteiger partial charge in [0.05, 0.1) is 25.0 Å². The van der Waals surface area contributed by atoms with E-state index in [2.05, 4.69) is 36.9 Å². The molecule has 2 heterocycles. The SMILES string of the molecule is COc1cc([C@H]2OCCC34C[C@@H](C[C@H]23)C(C)(C)[C@H]4O)ccc1N1CCCC1. The van der Waals surface area contributed by atoms with Crippen molar-refractivity contribution in [3.63, 3.8) is 0 Å². The first-order valence-electron chi connectivity index (χ1n) is 10.7. The number of hydrogen-bond donors (Lipinski definition) is 1. The summed E-state index contributed by atoms with van der Waals surface area (Å²) in [5, 5.41) is 11.2. The third-order valence-electron chi connectivity index (χ3n) is 8.41. The van der Waals surface area contributed by atoms with Gasteiger partial charge in [0.25, 0.3) is 0 Å². The lowest BCUT2D eigenvalue weighted by molar-refractivity contribution is -0.164. The minimum absolute atomic E-state index is 0.0374. The van der Waals surface area contributed by atoms with Crippen molar-refractivity contribution in [1.29, 1.82) is 0 Å². The number of methoxy groups -OCH3 is 1. The first-order chi connectivity index (χ1) is 13.0. The number of fused-ring (bicyclic) bond motifs is 1. The van der Waals surface area contributed by atoms with Crippen LogP contribution in [-0.2, 0) is 4.74 Å². The lowest BCUT2D eigenvalue weighted by Gasteiger charge is -2.51. The Morgan fingerprint density at radius 3 is 2.70 bits per heavy atom. The zero-order chi connectivity index (χ0) is 18.8. The average molecular weight is 372 g/mol. The van der Waals surface area contributed by atoms with E-state index in [0.29, 0.717) is 11.8 Å². The summed E-state index contributed by atoms with van der Waals surface area (Å²) in [6.45, 7) is 7.49. The zero-order valence-electron chi connectivity index (χ0n) is 16.9. The molecule has 1 N–H and O–H groups in total. The summed E-state index contributed by atoms with van der Waals surface area (Å²) >= 11 is 0. The molecule has 5 atom stereocenters. The van der Waals surface area contributed by atoms with Gasteiger partial charge >= 0.3 is 0 Å². The molecule has 1 aromatic rings. The second-order valence-corrected chi connectivity index (χ2v) is 9.87. The average Bonchev–Trinajstić information content (AvgIpc) is 3.37. The number of aliphatic hydroxyl groups excluding tert-OH is 1. The van der Waals surface area contributed by atoms with Gasteiger partial charge in [-0.1, -0.05) is 19.9 Å². The minimum Gasteiger partial charge on any atom is -0.495 e. The quantitative estimate of drug-likeness (QED) is 0.866. The minimum atomic E-state index is -0.217. The third-order valence-corrected chi connectivity index (χ3v) is 8.41. The van der Waals surface area contributed by atoms with E-state index in [0.717, 1.165) is 38.3 Å². The number of rotatable bonds is 3. The molecule has 1 unspecified atom stereocenters. The van der Waals surface area contributed by atoms with Crippen LogP contribution in [0.2, 0.25) is 0 Å². The zero-order valence-corrected chi connectivity index (χ0v) is 16.9. The van der Waals surface area contributed by atoms with Crippen molar-refractivity contribution in [2.45, 2.75) is 58.2 Å². The molecule has 148 valence electrons. The van der Waals surface area contributed by atoms with E-state index in [1.807, 2.05) is 0 Å². The van der Waals surface area contributed by atoms with Crippen molar-refractivity contribution in [3.8, 4) is 5.75 Å².